The van der Waals surface area contributed by atoms with Crippen LogP contribution in [0, 0.1) is 5.92 Å². The molecule has 0 atom stereocenters. The van der Waals surface area contributed by atoms with E-state index in [1.54, 1.807) is 0 Å². The summed E-state index contributed by atoms with van der Waals surface area (Å²) in [4.78, 5) is 9.69. The summed E-state index contributed by atoms with van der Waals surface area (Å²) in [6.45, 7) is 14.2. The Hall–Kier alpha value is -1.59. The summed E-state index contributed by atoms with van der Waals surface area (Å²) in [7, 11) is 2.16. The molecule has 0 bridgehead atoms. The maximum atomic E-state index is 5.48. The van der Waals surface area contributed by atoms with Gasteiger partial charge in [-0.2, -0.15) is 0 Å². The van der Waals surface area contributed by atoms with Crippen molar-refractivity contribution < 1.29 is 4.74 Å². The Morgan fingerprint density at radius 3 is 2.43 bits per heavy atom. The van der Waals surface area contributed by atoms with E-state index in [1.807, 2.05) is 0 Å². The summed E-state index contributed by atoms with van der Waals surface area (Å²) in [6, 6.07) is 8.72. The molecule has 1 saturated heterocycles. The molecule has 2 rings (SSSR count). The number of hydrogen-bond acceptors (Lipinski definition) is 3. The Morgan fingerprint density at radius 2 is 1.79 bits per heavy atom. The zero-order valence-electron chi connectivity index (χ0n) is 18.4. The molecule has 1 fully saturated rings. The van der Waals surface area contributed by atoms with Gasteiger partial charge >= 0.3 is 0 Å². The molecular weight excluding hydrogens is 348 g/mol. The van der Waals surface area contributed by atoms with E-state index < -0.39 is 0 Å². The molecule has 1 aromatic carbocycles. The Labute approximate surface area is 172 Å². The number of aliphatic imine (C=N–C) groups is 1. The average Bonchev–Trinajstić information content (AvgIpc) is 2.74. The molecule has 1 aromatic rings. The summed E-state index contributed by atoms with van der Waals surface area (Å²) >= 11 is 0. The molecule has 1 aliphatic heterocycles. The molecule has 1 aliphatic rings. The van der Waals surface area contributed by atoms with Crippen molar-refractivity contribution in [3.05, 3.63) is 35.4 Å². The molecule has 5 nitrogen and oxygen atoms in total. The molecule has 0 aliphatic carbocycles. The average molecular weight is 389 g/mol. The van der Waals surface area contributed by atoms with Crippen LogP contribution in [0.5, 0.6) is 0 Å². The largest absolute Gasteiger partial charge is 0.381 e. The van der Waals surface area contributed by atoms with Crippen LogP contribution in [-0.2, 0) is 17.8 Å². The van der Waals surface area contributed by atoms with Crippen molar-refractivity contribution in [3.63, 3.8) is 0 Å². The van der Waals surface area contributed by atoms with Crippen molar-refractivity contribution in [2.75, 3.05) is 46.4 Å². The summed E-state index contributed by atoms with van der Waals surface area (Å²) in [5.41, 5.74) is 2.71. The lowest BCUT2D eigenvalue weighted by Gasteiger charge is -2.27. The van der Waals surface area contributed by atoms with E-state index in [-0.39, 0.29) is 0 Å². The van der Waals surface area contributed by atoms with E-state index in [2.05, 4.69) is 67.2 Å². The highest BCUT2D eigenvalue weighted by atomic mass is 16.5. The Bertz CT molecular complexity index is 580. The van der Waals surface area contributed by atoms with Crippen LogP contribution >= 0.6 is 0 Å². The van der Waals surface area contributed by atoms with Crippen LogP contribution in [0.25, 0.3) is 0 Å². The highest BCUT2D eigenvalue weighted by Gasteiger charge is 2.15. The molecule has 0 amide bonds. The zero-order chi connectivity index (χ0) is 20.2. The minimum absolute atomic E-state index is 0.724. The van der Waals surface area contributed by atoms with Crippen molar-refractivity contribution in [2.24, 2.45) is 10.9 Å². The first kappa shape index (κ1) is 22.7. The fraction of sp³-hybridized carbons (Fsp3) is 0.696. The SMILES string of the molecule is CCNC(=NCc1ccccc1CN(CC)CC)N(C)CCC1CCOCC1. The van der Waals surface area contributed by atoms with Gasteiger partial charge in [0, 0.05) is 39.9 Å². The number of ether oxygens (including phenoxy) is 1. The predicted molar refractivity (Wildman–Crippen MR) is 119 cm³/mol. The number of nitrogens with zero attached hydrogens (tertiary/aromatic N) is 3. The first-order valence-corrected chi connectivity index (χ1v) is 11.0. The third-order valence-electron chi connectivity index (χ3n) is 5.72. The van der Waals surface area contributed by atoms with Crippen molar-refractivity contribution in [2.45, 2.75) is 53.1 Å². The molecule has 0 radical (unpaired) electrons. The van der Waals surface area contributed by atoms with Crippen molar-refractivity contribution >= 4 is 5.96 Å². The van der Waals surface area contributed by atoms with Crippen LogP contribution in [0.3, 0.4) is 0 Å². The second-order valence-electron chi connectivity index (χ2n) is 7.67. The minimum atomic E-state index is 0.724. The van der Waals surface area contributed by atoms with Crippen LogP contribution in [0.2, 0.25) is 0 Å². The Morgan fingerprint density at radius 1 is 1.11 bits per heavy atom. The van der Waals surface area contributed by atoms with Gasteiger partial charge in [-0.05, 0) is 56.3 Å². The standard InChI is InChI=1S/C23H40N4O/c1-5-24-23(26(4)15-12-20-13-16-28-17-14-20)25-18-21-10-8-9-11-22(21)19-27(6-2)7-3/h8-11,20H,5-7,12-19H2,1-4H3,(H,24,25). The number of guanidine groups is 1. The van der Waals surface area contributed by atoms with Gasteiger partial charge in [-0.3, -0.25) is 4.90 Å². The second kappa shape index (κ2) is 12.8. The zero-order valence-corrected chi connectivity index (χ0v) is 18.4. The maximum absolute atomic E-state index is 5.48. The molecule has 1 heterocycles. The van der Waals surface area contributed by atoms with Crippen molar-refractivity contribution in [1.82, 2.24) is 15.1 Å². The third-order valence-corrected chi connectivity index (χ3v) is 5.72. The Kier molecular flexibility index (Phi) is 10.4. The highest BCUT2D eigenvalue weighted by molar-refractivity contribution is 5.79. The molecule has 0 spiro atoms. The summed E-state index contributed by atoms with van der Waals surface area (Å²) < 4.78 is 5.48. The van der Waals surface area contributed by atoms with E-state index in [0.717, 1.165) is 64.4 Å². The monoisotopic (exact) mass is 388 g/mol. The van der Waals surface area contributed by atoms with Crippen LogP contribution in [0.4, 0.5) is 0 Å². The van der Waals surface area contributed by atoms with Gasteiger partial charge in [0.15, 0.2) is 5.96 Å². The van der Waals surface area contributed by atoms with Crippen molar-refractivity contribution in [3.8, 4) is 0 Å². The van der Waals surface area contributed by atoms with Gasteiger partial charge in [-0.15, -0.1) is 0 Å². The summed E-state index contributed by atoms with van der Waals surface area (Å²) in [6.07, 6.45) is 3.60. The smallest absolute Gasteiger partial charge is 0.193 e. The number of nitrogens with one attached hydrogen (secondary N) is 1. The minimum Gasteiger partial charge on any atom is -0.381 e. The fourth-order valence-electron chi connectivity index (χ4n) is 3.70. The number of rotatable bonds is 10. The number of benzene rings is 1. The van der Waals surface area contributed by atoms with E-state index in [9.17, 15) is 0 Å². The normalized spacial score (nSPS) is 15.8. The highest BCUT2D eigenvalue weighted by Crippen LogP contribution is 2.18. The van der Waals surface area contributed by atoms with E-state index >= 15 is 0 Å². The topological polar surface area (TPSA) is 40.1 Å². The van der Waals surface area contributed by atoms with E-state index in [4.69, 9.17) is 9.73 Å². The molecule has 5 heteroatoms. The van der Waals surface area contributed by atoms with E-state index in [0.29, 0.717) is 0 Å². The van der Waals surface area contributed by atoms with Gasteiger partial charge < -0.3 is 15.0 Å². The lowest BCUT2D eigenvalue weighted by atomic mass is 9.96. The Balaban J connectivity index is 1.99. The predicted octanol–water partition coefficient (Wildman–Crippen LogP) is 3.74. The lowest BCUT2D eigenvalue weighted by Crippen LogP contribution is -2.40. The molecular formula is C23H40N4O. The molecule has 0 unspecified atom stereocenters. The molecule has 28 heavy (non-hydrogen) atoms. The van der Waals surface area contributed by atoms with Crippen molar-refractivity contribution in [1.29, 1.82) is 0 Å². The van der Waals surface area contributed by atoms with Gasteiger partial charge in [-0.25, -0.2) is 4.99 Å². The van der Waals surface area contributed by atoms with Gasteiger partial charge in [-0.1, -0.05) is 38.1 Å². The van der Waals surface area contributed by atoms with Gasteiger partial charge in [0.05, 0.1) is 6.54 Å². The van der Waals surface area contributed by atoms with Gasteiger partial charge in [0.25, 0.3) is 0 Å². The summed E-state index contributed by atoms with van der Waals surface area (Å²) in [5.74, 6) is 1.79. The molecule has 0 saturated carbocycles. The first-order chi connectivity index (χ1) is 13.7. The van der Waals surface area contributed by atoms with Crippen LogP contribution in [-0.4, -0.2) is 62.2 Å². The molecule has 158 valence electrons. The fourth-order valence-corrected chi connectivity index (χ4v) is 3.70. The quantitative estimate of drug-likeness (QED) is 0.490. The third kappa shape index (κ3) is 7.44. The summed E-state index contributed by atoms with van der Waals surface area (Å²) in [5, 5.41) is 3.46. The molecule has 0 aromatic heterocycles. The molecule has 1 N–H and O–H groups in total. The number of hydrogen-bond donors (Lipinski definition) is 1. The van der Waals surface area contributed by atoms with Gasteiger partial charge in [0.1, 0.15) is 0 Å². The van der Waals surface area contributed by atoms with Crippen LogP contribution in [0.1, 0.15) is 51.2 Å². The first-order valence-electron chi connectivity index (χ1n) is 11.0. The second-order valence-corrected chi connectivity index (χ2v) is 7.67. The van der Waals surface area contributed by atoms with Gasteiger partial charge in [0.2, 0.25) is 0 Å². The maximum Gasteiger partial charge on any atom is 0.193 e. The van der Waals surface area contributed by atoms with E-state index in [1.165, 1.54) is 30.4 Å². The van der Waals surface area contributed by atoms with Crippen LogP contribution < -0.4 is 5.32 Å². The van der Waals surface area contributed by atoms with Crippen LogP contribution in [0.15, 0.2) is 29.3 Å². The lowest BCUT2D eigenvalue weighted by molar-refractivity contribution is 0.0625.